The van der Waals surface area contributed by atoms with Crippen LogP contribution < -0.4 is 5.32 Å². The number of nitrogens with one attached hydrogen (secondary N) is 1. The number of rotatable bonds is 9. The smallest absolute Gasteiger partial charge is 0.269 e. The van der Waals surface area contributed by atoms with Gasteiger partial charge in [0.25, 0.3) is 21.5 Å². The second-order valence-corrected chi connectivity index (χ2v) is 11.2. The number of hydrogen-bond donors (Lipinski definition) is 1. The molecule has 2 aliphatic heterocycles. The molecule has 2 saturated heterocycles. The molecule has 4 rings (SSSR count). The van der Waals surface area contributed by atoms with Gasteiger partial charge in [0.1, 0.15) is 0 Å². The molecule has 0 aromatic heterocycles. The van der Waals surface area contributed by atoms with Crippen molar-refractivity contribution in [2.75, 3.05) is 45.6 Å². The summed E-state index contributed by atoms with van der Waals surface area (Å²) in [6, 6.07) is 13.0. The summed E-state index contributed by atoms with van der Waals surface area (Å²) in [4.78, 5) is 22.7. The number of non-ortho nitro benzene ring substituents is 2. The molecule has 2 heterocycles. The summed E-state index contributed by atoms with van der Waals surface area (Å²) in [6.07, 6.45) is 10.3. The first-order chi connectivity index (χ1) is 18.6. The molecule has 11 nitrogen and oxygen atoms in total. The van der Waals surface area contributed by atoms with E-state index in [1.165, 1.54) is 76.8 Å². The van der Waals surface area contributed by atoms with Crippen LogP contribution in [0.2, 0.25) is 0 Å². The SMILES string of the molecule is C1CCNCC1.CS(=O)(=O)OCCc1cccc([N+](=O)[O-])c1.O=[N+]([O-])c1cccc(CCN2CCCCC2)c1. The number of piperidine rings is 2. The lowest BCUT2D eigenvalue weighted by Crippen LogP contribution is -2.31. The van der Waals surface area contributed by atoms with Crippen molar-refractivity contribution in [2.45, 2.75) is 51.4 Å². The van der Waals surface area contributed by atoms with Crippen molar-refractivity contribution >= 4 is 21.5 Å². The Balaban J connectivity index is 0.000000226. The quantitative estimate of drug-likeness (QED) is 0.264. The van der Waals surface area contributed by atoms with Crippen molar-refractivity contribution in [3.05, 3.63) is 79.9 Å². The molecule has 2 aliphatic rings. The molecule has 1 N–H and O–H groups in total. The van der Waals surface area contributed by atoms with E-state index in [-0.39, 0.29) is 22.9 Å². The van der Waals surface area contributed by atoms with Crippen molar-refractivity contribution in [3.63, 3.8) is 0 Å². The lowest BCUT2D eigenvalue weighted by molar-refractivity contribution is -0.385. The second kappa shape index (κ2) is 17.6. The van der Waals surface area contributed by atoms with Crippen LogP contribution in [0.1, 0.15) is 49.7 Å². The van der Waals surface area contributed by atoms with E-state index in [0.717, 1.165) is 24.8 Å². The molecule has 2 fully saturated rings. The molecular formula is C27H40N4O7S. The highest BCUT2D eigenvalue weighted by Gasteiger charge is 2.11. The largest absolute Gasteiger partial charge is 0.317 e. The van der Waals surface area contributed by atoms with Gasteiger partial charge in [-0.15, -0.1) is 0 Å². The minimum atomic E-state index is -3.45. The topological polar surface area (TPSA) is 145 Å². The zero-order valence-corrected chi connectivity index (χ0v) is 23.4. The minimum Gasteiger partial charge on any atom is -0.317 e. The van der Waals surface area contributed by atoms with Crippen LogP contribution in [0.5, 0.6) is 0 Å². The maximum absolute atomic E-state index is 10.7. The Morgan fingerprint density at radius 2 is 1.33 bits per heavy atom. The van der Waals surface area contributed by atoms with Gasteiger partial charge in [0, 0.05) is 30.8 Å². The van der Waals surface area contributed by atoms with E-state index in [2.05, 4.69) is 14.4 Å². The Hall–Kier alpha value is -2.93. The minimum absolute atomic E-state index is 0.0139. The van der Waals surface area contributed by atoms with Gasteiger partial charge in [-0.05, 0) is 75.8 Å². The number of nitrogens with zero attached hydrogens (tertiary/aromatic N) is 3. The van der Waals surface area contributed by atoms with Gasteiger partial charge in [-0.2, -0.15) is 8.42 Å². The molecule has 0 aliphatic carbocycles. The van der Waals surface area contributed by atoms with Gasteiger partial charge in [-0.25, -0.2) is 0 Å². The van der Waals surface area contributed by atoms with Crippen molar-refractivity contribution in [1.82, 2.24) is 10.2 Å². The monoisotopic (exact) mass is 564 g/mol. The summed E-state index contributed by atoms with van der Waals surface area (Å²) in [7, 11) is -3.45. The Morgan fingerprint density at radius 3 is 1.77 bits per heavy atom. The summed E-state index contributed by atoms with van der Waals surface area (Å²) in [5, 5.41) is 24.4. The normalized spacial score (nSPS) is 15.7. The van der Waals surface area contributed by atoms with Crippen LogP contribution in [0.25, 0.3) is 0 Å². The number of nitro benzene ring substituents is 2. The van der Waals surface area contributed by atoms with Crippen LogP contribution >= 0.6 is 0 Å². The van der Waals surface area contributed by atoms with E-state index in [1.54, 1.807) is 30.3 Å². The highest BCUT2D eigenvalue weighted by atomic mass is 32.2. The first-order valence-electron chi connectivity index (χ1n) is 13.4. The summed E-state index contributed by atoms with van der Waals surface area (Å²) in [5.74, 6) is 0. The molecule has 0 bridgehead atoms. The molecule has 0 saturated carbocycles. The fraction of sp³-hybridized carbons (Fsp3) is 0.556. The fourth-order valence-corrected chi connectivity index (χ4v) is 4.62. The first kappa shape index (κ1) is 32.3. The van der Waals surface area contributed by atoms with E-state index in [1.807, 2.05) is 6.07 Å². The molecule has 0 spiro atoms. The summed E-state index contributed by atoms with van der Waals surface area (Å²) >= 11 is 0. The average molecular weight is 565 g/mol. The van der Waals surface area contributed by atoms with Gasteiger partial charge >= 0.3 is 0 Å². The molecular weight excluding hydrogens is 524 g/mol. The maximum atomic E-state index is 10.7. The molecule has 12 heteroatoms. The first-order valence-corrected chi connectivity index (χ1v) is 15.2. The van der Waals surface area contributed by atoms with Crippen LogP contribution in [0, 0.1) is 20.2 Å². The Kier molecular flexibility index (Phi) is 14.6. The van der Waals surface area contributed by atoms with E-state index in [4.69, 9.17) is 0 Å². The third-order valence-electron chi connectivity index (χ3n) is 6.30. The molecule has 0 radical (unpaired) electrons. The fourth-order valence-electron chi connectivity index (χ4n) is 4.23. The second-order valence-electron chi connectivity index (χ2n) is 9.59. The van der Waals surface area contributed by atoms with Crippen LogP contribution in [0.4, 0.5) is 11.4 Å². The van der Waals surface area contributed by atoms with E-state index in [0.29, 0.717) is 12.0 Å². The lowest BCUT2D eigenvalue weighted by atomic mass is 10.1. The van der Waals surface area contributed by atoms with Gasteiger partial charge in [0.2, 0.25) is 0 Å². The summed E-state index contributed by atoms with van der Waals surface area (Å²) in [5.41, 5.74) is 1.90. The summed E-state index contributed by atoms with van der Waals surface area (Å²) < 4.78 is 25.9. The number of hydrogen-bond acceptors (Lipinski definition) is 9. The van der Waals surface area contributed by atoms with Gasteiger partial charge in [-0.1, -0.05) is 37.1 Å². The Morgan fingerprint density at radius 1 is 0.821 bits per heavy atom. The number of benzene rings is 2. The van der Waals surface area contributed by atoms with E-state index < -0.39 is 15.0 Å². The molecule has 39 heavy (non-hydrogen) atoms. The van der Waals surface area contributed by atoms with E-state index >= 15 is 0 Å². The van der Waals surface area contributed by atoms with Gasteiger partial charge < -0.3 is 10.2 Å². The molecule has 2 aromatic rings. The number of nitro groups is 2. The maximum Gasteiger partial charge on any atom is 0.269 e. The van der Waals surface area contributed by atoms with Gasteiger partial charge in [0.05, 0.1) is 22.7 Å². The molecule has 0 amide bonds. The van der Waals surface area contributed by atoms with Crippen LogP contribution in [0.3, 0.4) is 0 Å². The van der Waals surface area contributed by atoms with Crippen molar-refractivity contribution in [3.8, 4) is 0 Å². The number of likely N-dealkylation sites (tertiary alicyclic amines) is 1. The van der Waals surface area contributed by atoms with Crippen LogP contribution in [-0.4, -0.2) is 68.8 Å². The van der Waals surface area contributed by atoms with Gasteiger partial charge in [-0.3, -0.25) is 24.4 Å². The molecule has 2 aromatic carbocycles. The predicted molar refractivity (Wildman–Crippen MR) is 151 cm³/mol. The van der Waals surface area contributed by atoms with Crippen LogP contribution in [0.15, 0.2) is 48.5 Å². The van der Waals surface area contributed by atoms with Gasteiger partial charge in [0.15, 0.2) is 0 Å². The Labute approximate surface area is 231 Å². The van der Waals surface area contributed by atoms with E-state index in [9.17, 15) is 28.6 Å². The molecule has 0 unspecified atom stereocenters. The van der Waals surface area contributed by atoms with Crippen molar-refractivity contribution in [2.24, 2.45) is 0 Å². The third kappa shape index (κ3) is 14.7. The standard InChI is InChI=1S/C13H18N2O2.C9H11NO5S.C5H11N/c16-15(17)13-6-4-5-12(11-13)7-10-14-8-2-1-3-9-14;1-16(13,14)15-6-5-8-3-2-4-9(7-8)10(11)12;1-2-4-6-5-3-1/h4-6,11H,1-3,7-10H2;2-4,7H,5-6H2,1H3;6H,1-5H2. The highest BCUT2D eigenvalue weighted by Crippen LogP contribution is 2.15. The van der Waals surface area contributed by atoms with Crippen LogP contribution in [-0.2, 0) is 27.1 Å². The predicted octanol–water partition coefficient (Wildman–Crippen LogP) is 4.50. The third-order valence-corrected chi connectivity index (χ3v) is 6.90. The zero-order valence-electron chi connectivity index (χ0n) is 22.6. The lowest BCUT2D eigenvalue weighted by Gasteiger charge is -2.26. The Bertz CT molecular complexity index is 1120. The molecule has 0 atom stereocenters. The highest BCUT2D eigenvalue weighted by molar-refractivity contribution is 7.85. The summed E-state index contributed by atoms with van der Waals surface area (Å²) in [6.45, 7) is 5.85. The van der Waals surface area contributed by atoms with Crippen molar-refractivity contribution < 1.29 is 22.4 Å². The zero-order chi connectivity index (χ0) is 28.5. The van der Waals surface area contributed by atoms with Crippen molar-refractivity contribution in [1.29, 1.82) is 0 Å². The molecule has 216 valence electrons. The average Bonchev–Trinajstić information content (AvgIpc) is 2.94.